The molecule has 0 bridgehead atoms. The zero-order valence-electron chi connectivity index (χ0n) is 7.86. The molecular formula is C9H13N3O2. The quantitative estimate of drug-likeness (QED) is 0.753. The SMILES string of the molecule is O=C(O)C1(Cc2cn[nH]n2)CCCC1. The lowest BCUT2D eigenvalue weighted by Crippen LogP contribution is -2.30. The summed E-state index contributed by atoms with van der Waals surface area (Å²) >= 11 is 0. The highest BCUT2D eigenvalue weighted by Gasteiger charge is 2.41. The summed E-state index contributed by atoms with van der Waals surface area (Å²) in [5.74, 6) is -0.696. The van der Waals surface area contributed by atoms with Gasteiger partial charge in [0.25, 0.3) is 0 Å². The smallest absolute Gasteiger partial charge is 0.310 e. The first kappa shape index (κ1) is 9.18. The van der Waals surface area contributed by atoms with Gasteiger partial charge in [0.05, 0.1) is 17.3 Å². The average molecular weight is 195 g/mol. The fraction of sp³-hybridized carbons (Fsp3) is 0.667. The van der Waals surface area contributed by atoms with Crippen molar-refractivity contribution in [3.05, 3.63) is 11.9 Å². The Kier molecular flexibility index (Phi) is 2.23. The molecule has 1 aromatic rings. The summed E-state index contributed by atoms with van der Waals surface area (Å²) in [5.41, 5.74) is 0.158. The van der Waals surface area contributed by atoms with Crippen molar-refractivity contribution in [3.63, 3.8) is 0 Å². The molecule has 0 saturated heterocycles. The Morgan fingerprint density at radius 3 is 2.79 bits per heavy atom. The highest BCUT2D eigenvalue weighted by atomic mass is 16.4. The van der Waals surface area contributed by atoms with Gasteiger partial charge >= 0.3 is 5.97 Å². The van der Waals surface area contributed by atoms with Gasteiger partial charge in [0.15, 0.2) is 0 Å². The highest BCUT2D eigenvalue weighted by molar-refractivity contribution is 5.75. The van der Waals surface area contributed by atoms with Crippen LogP contribution in [0, 0.1) is 5.41 Å². The van der Waals surface area contributed by atoms with E-state index in [9.17, 15) is 9.90 Å². The molecule has 1 fully saturated rings. The maximum Gasteiger partial charge on any atom is 0.310 e. The number of carboxylic acid groups (broad SMARTS) is 1. The van der Waals surface area contributed by atoms with E-state index in [0.717, 1.165) is 31.4 Å². The van der Waals surface area contributed by atoms with Crippen LogP contribution in [-0.2, 0) is 11.2 Å². The zero-order valence-corrected chi connectivity index (χ0v) is 7.86. The van der Waals surface area contributed by atoms with Gasteiger partial charge < -0.3 is 5.11 Å². The molecule has 0 unspecified atom stereocenters. The third kappa shape index (κ3) is 1.49. The molecule has 5 nitrogen and oxygen atoms in total. The molecule has 1 aromatic heterocycles. The Labute approximate surface area is 81.5 Å². The number of nitrogens with one attached hydrogen (secondary N) is 1. The lowest BCUT2D eigenvalue weighted by atomic mass is 9.82. The fourth-order valence-electron chi connectivity index (χ4n) is 2.18. The molecule has 0 aromatic carbocycles. The fourth-order valence-corrected chi connectivity index (χ4v) is 2.18. The van der Waals surface area contributed by atoms with E-state index in [4.69, 9.17) is 0 Å². The van der Waals surface area contributed by atoms with Gasteiger partial charge in [-0.05, 0) is 12.8 Å². The summed E-state index contributed by atoms with van der Waals surface area (Å²) in [6.45, 7) is 0. The standard InChI is InChI=1S/C9H13N3O2/c13-8(14)9(3-1-2-4-9)5-7-6-10-12-11-7/h6H,1-5H2,(H,13,14)(H,10,11,12). The summed E-state index contributed by atoms with van der Waals surface area (Å²) in [5, 5.41) is 19.3. The Morgan fingerprint density at radius 2 is 2.29 bits per heavy atom. The predicted octanol–water partition coefficient (Wildman–Crippen LogP) is 0.992. The van der Waals surface area contributed by atoms with E-state index >= 15 is 0 Å². The molecule has 0 amide bonds. The largest absolute Gasteiger partial charge is 0.481 e. The summed E-state index contributed by atoms with van der Waals surface area (Å²) in [4.78, 5) is 11.2. The minimum absolute atomic E-state index is 0.499. The molecule has 1 aliphatic rings. The zero-order chi connectivity index (χ0) is 10.0. The lowest BCUT2D eigenvalue weighted by Gasteiger charge is -2.21. The van der Waals surface area contributed by atoms with E-state index in [1.807, 2.05) is 0 Å². The topological polar surface area (TPSA) is 78.9 Å². The van der Waals surface area contributed by atoms with Gasteiger partial charge in [0, 0.05) is 6.42 Å². The molecule has 76 valence electrons. The number of aliphatic carboxylic acids is 1. The number of carboxylic acids is 1. The van der Waals surface area contributed by atoms with Crippen LogP contribution in [0.5, 0.6) is 0 Å². The van der Waals surface area contributed by atoms with Crippen LogP contribution in [-0.4, -0.2) is 26.5 Å². The monoisotopic (exact) mass is 195 g/mol. The van der Waals surface area contributed by atoms with E-state index in [2.05, 4.69) is 15.4 Å². The third-order valence-electron chi connectivity index (χ3n) is 3.00. The van der Waals surface area contributed by atoms with Crippen molar-refractivity contribution in [2.24, 2.45) is 5.41 Å². The molecule has 2 rings (SSSR count). The van der Waals surface area contributed by atoms with Crippen molar-refractivity contribution in [2.45, 2.75) is 32.1 Å². The van der Waals surface area contributed by atoms with Gasteiger partial charge in [-0.25, -0.2) is 0 Å². The second-order valence-electron chi connectivity index (χ2n) is 3.93. The second kappa shape index (κ2) is 3.40. The van der Waals surface area contributed by atoms with Crippen LogP contribution >= 0.6 is 0 Å². The summed E-state index contributed by atoms with van der Waals surface area (Å²) in [6, 6.07) is 0. The molecule has 0 aliphatic heterocycles. The van der Waals surface area contributed by atoms with Crippen LogP contribution in [0.1, 0.15) is 31.4 Å². The van der Waals surface area contributed by atoms with Gasteiger partial charge in [-0.3, -0.25) is 4.79 Å². The van der Waals surface area contributed by atoms with Crippen LogP contribution in [0.15, 0.2) is 6.20 Å². The first-order chi connectivity index (χ1) is 6.73. The van der Waals surface area contributed by atoms with Gasteiger partial charge in [-0.1, -0.05) is 12.8 Å². The maximum atomic E-state index is 11.2. The minimum atomic E-state index is -0.696. The van der Waals surface area contributed by atoms with Crippen LogP contribution in [0.2, 0.25) is 0 Å². The number of H-pyrrole nitrogens is 1. The number of hydrogen-bond acceptors (Lipinski definition) is 3. The average Bonchev–Trinajstić information content (AvgIpc) is 2.76. The number of carbonyl (C=O) groups is 1. The van der Waals surface area contributed by atoms with Crippen LogP contribution in [0.25, 0.3) is 0 Å². The number of rotatable bonds is 3. The Hall–Kier alpha value is -1.39. The predicted molar refractivity (Wildman–Crippen MR) is 48.6 cm³/mol. The van der Waals surface area contributed by atoms with Crippen molar-refractivity contribution in [1.29, 1.82) is 0 Å². The van der Waals surface area contributed by atoms with Gasteiger partial charge in [-0.2, -0.15) is 15.4 Å². The maximum absolute atomic E-state index is 11.2. The van der Waals surface area contributed by atoms with E-state index < -0.39 is 11.4 Å². The molecule has 1 aliphatic carbocycles. The second-order valence-corrected chi connectivity index (χ2v) is 3.93. The van der Waals surface area contributed by atoms with Gasteiger partial charge in [-0.15, -0.1) is 0 Å². The van der Waals surface area contributed by atoms with Crippen molar-refractivity contribution < 1.29 is 9.90 Å². The van der Waals surface area contributed by atoms with Gasteiger partial charge in [0.1, 0.15) is 0 Å². The number of aromatic nitrogens is 3. The number of aromatic amines is 1. The van der Waals surface area contributed by atoms with E-state index in [0.29, 0.717) is 6.42 Å². The summed E-state index contributed by atoms with van der Waals surface area (Å²) in [7, 11) is 0. The molecule has 1 heterocycles. The minimum Gasteiger partial charge on any atom is -0.481 e. The summed E-state index contributed by atoms with van der Waals surface area (Å²) in [6.07, 6.45) is 5.63. The summed E-state index contributed by atoms with van der Waals surface area (Å²) < 4.78 is 0. The van der Waals surface area contributed by atoms with Gasteiger partial charge in [0.2, 0.25) is 0 Å². The van der Waals surface area contributed by atoms with E-state index in [1.165, 1.54) is 0 Å². The molecule has 1 saturated carbocycles. The lowest BCUT2D eigenvalue weighted by molar-refractivity contribution is -0.148. The first-order valence-electron chi connectivity index (χ1n) is 4.81. The molecule has 2 N–H and O–H groups in total. The van der Waals surface area contributed by atoms with Crippen molar-refractivity contribution in [3.8, 4) is 0 Å². The van der Waals surface area contributed by atoms with Crippen molar-refractivity contribution in [2.75, 3.05) is 0 Å². The molecular weight excluding hydrogens is 182 g/mol. The van der Waals surface area contributed by atoms with Crippen LogP contribution in [0.4, 0.5) is 0 Å². The van der Waals surface area contributed by atoms with Crippen LogP contribution < -0.4 is 0 Å². The Morgan fingerprint density at radius 1 is 1.57 bits per heavy atom. The molecule has 14 heavy (non-hydrogen) atoms. The van der Waals surface area contributed by atoms with Crippen molar-refractivity contribution in [1.82, 2.24) is 15.4 Å². The van der Waals surface area contributed by atoms with E-state index in [1.54, 1.807) is 6.20 Å². The highest BCUT2D eigenvalue weighted by Crippen LogP contribution is 2.40. The number of hydrogen-bond donors (Lipinski definition) is 2. The normalized spacial score (nSPS) is 19.7. The molecule has 0 spiro atoms. The first-order valence-corrected chi connectivity index (χ1v) is 4.81. The van der Waals surface area contributed by atoms with E-state index in [-0.39, 0.29) is 0 Å². The molecule has 0 atom stereocenters. The number of nitrogens with zero attached hydrogens (tertiary/aromatic N) is 2. The Balaban J connectivity index is 2.16. The van der Waals surface area contributed by atoms with Crippen molar-refractivity contribution >= 4 is 5.97 Å². The van der Waals surface area contributed by atoms with Crippen LogP contribution in [0.3, 0.4) is 0 Å². The third-order valence-corrected chi connectivity index (χ3v) is 3.00. The molecule has 5 heteroatoms. The Bertz CT molecular complexity index is 315. The molecule has 0 radical (unpaired) electrons.